The van der Waals surface area contributed by atoms with Crippen molar-refractivity contribution in [2.75, 3.05) is 20.2 Å². The lowest BCUT2D eigenvalue weighted by molar-refractivity contribution is -0.143. The lowest BCUT2D eigenvalue weighted by Crippen LogP contribution is -2.47. The number of halogens is 3. The maximum atomic E-state index is 12.3. The van der Waals surface area contributed by atoms with E-state index in [-0.39, 0.29) is 0 Å². The van der Waals surface area contributed by atoms with Crippen LogP contribution in [0.2, 0.25) is 0 Å². The molecule has 1 aliphatic heterocycles. The normalized spacial score (nSPS) is 17.8. The van der Waals surface area contributed by atoms with Gasteiger partial charge in [0.25, 0.3) is 0 Å². The summed E-state index contributed by atoms with van der Waals surface area (Å²) in [6.45, 7) is -1.07. The zero-order valence-corrected chi connectivity index (χ0v) is 13.7. The van der Waals surface area contributed by atoms with Crippen molar-refractivity contribution in [3.05, 3.63) is 35.9 Å². The molecule has 5 nitrogen and oxygen atoms in total. The predicted octanol–water partition coefficient (Wildman–Crippen LogP) is 2.38. The Hall–Kier alpha value is -2.51. The highest BCUT2D eigenvalue weighted by Gasteiger charge is 2.35. The first-order valence-corrected chi connectivity index (χ1v) is 7.78. The summed E-state index contributed by atoms with van der Waals surface area (Å²) in [6, 6.07) is 6.21. The Balaban J connectivity index is 2.02. The molecule has 0 bridgehead atoms. The number of methoxy groups -OCH3 is 1. The van der Waals surface area contributed by atoms with Gasteiger partial charge in [0, 0.05) is 18.2 Å². The molecule has 0 aromatic heterocycles. The molecule has 136 valence electrons. The highest BCUT2D eigenvalue weighted by atomic mass is 19.4. The molecular formula is C17H19F3N2O3. The third-order valence-electron chi connectivity index (χ3n) is 3.85. The van der Waals surface area contributed by atoms with E-state index < -0.39 is 30.6 Å². The van der Waals surface area contributed by atoms with Gasteiger partial charge in [-0.25, -0.2) is 0 Å². The minimum absolute atomic E-state index is 0.333. The number of hydrogen-bond acceptors (Lipinski definition) is 3. The SMILES string of the molecule is COc1ccccc1C=CC(=O)N1CCCC1C(=O)NCC(F)(F)F. The van der Waals surface area contributed by atoms with Gasteiger partial charge in [0.05, 0.1) is 7.11 Å². The van der Waals surface area contributed by atoms with E-state index in [1.54, 1.807) is 30.3 Å². The fourth-order valence-electron chi connectivity index (χ4n) is 2.67. The van der Waals surface area contributed by atoms with Gasteiger partial charge in [0.15, 0.2) is 0 Å². The standard InChI is InChI=1S/C17H19F3N2O3/c1-25-14-7-3-2-5-12(14)8-9-15(23)22-10-4-6-13(22)16(24)21-11-17(18,19)20/h2-3,5,7-9,13H,4,6,10-11H2,1H3,(H,21,24). The average Bonchev–Trinajstić information content (AvgIpc) is 3.07. The van der Waals surface area contributed by atoms with Crippen molar-refractivity contribution < 1.29 is 27.5 Å². The average molecular weight is 356 g/mol. The molecule has 1 aromatic rings. The molecule has 1 atom stereocenters. The first-order valence-electron chi connectivity index (χ1n) is 7.78. The molecule has 1 aromatic carbocycles. The summed E-state index contributed by atoms with van der Waals surface area (Å²) in [7, 11) is 1.51. The summed E-state index contributed by atoms with van der Waals surface area (Å²) in [6.07, 6.45) is -0.708. The van der Waals surface area contributed by atoms with Gasteiger partial charge in [-0.15, -0.1) is 0 Å². The highest BCUT2D eigenvalue weighted by Crippen LogP contribution is 2.21. The predicted molar refractivity (Wildman–Crippen MR) is 85.8 cm³/mol. The molecule has 0 spiro atoms. The van der Waals surface area contributed by atoms with Crippen molar-refractivity contribution in [1.29, 1.82) is 0 Å². The quantitative estimate of drug-likeness (QED) is 0.824. The van der Waals surface area contributed by atoms with Crippen LogP contribution in [0.1, 0.15) is 18.4 Å². The molecule has 8 heteroatoms. The van der Waals surface area contributed by atoms with Crippen molar-refractivity contribution in [2.24, 2.45) is 0 Å². The summed E-state index contributed by atoms with van der Waals surface area (Å²) in [5.41, 5.74) is 0.690. The number of hydrogen-bond donors (Lipinski definition) is 1. The van der Waals surface area contributed by atoms with Gasteiger partial charge in [0.1, 0.15) is 18.3 Å². The molecule has 1 aliphatic rings. The Morgan fingerprint density at radius 2 is 2.08 bits per heavy atom. The number of likely N-dealkylation sites (tertiary alicyclic amines) is 1. The molecule has 0 radical (unpaired) electrons. The topological polar surface area (TPSA) is 58.6 Å². The lowest BCUT2D eigenvalue weighted by Gasteiger charge is -2.23. The van der Waals surface area contributed by atoms with Crippen LogP contribution in [-0.4, -0.2) is 49.1 Å². The minimum Gasteiger partial charge on any atom is -0.496 e. The van der Waals surface area contributed by atoms with E-state index in [1.807, 2.05) is 5.32 Å². The molecule has 1 unspecified atom stereocenters. The number of carbonyl (C=O) groups excluding carboxylic acids is 2. The van der Waals surface area contributed by atoms with Crippen molar-refractivity contribution in [2.45, 2.75) is 25.1 Å². The van der Waals surface area contributed by atoms with Crippen LogP contribution in [0.5, 0.6) is 5.75 Å². The van der Waals surface area contributed by atoms with Crippen molar-refractivity contribution in [1.82, 2.24) is 10.2 Å². The second kappa shape index (κ2) is 8.04. The molecule has 0 aliphatic carbocycles. The number of ether oxygens (including phenoxy) is 1. The van der Waals surface area contributed by atoms with Crippen LogP contribution in [0.25, 0.3) is 6.08 Å². The highest BCUT2D eigenvalue weighted by molar-refractivity contribution is 5.96. The molecule has 1 saturated heterocycles. The van der Waals surface area contributed by atoms with Crippen LogP contribution >= 0.6 is 0 Å². The second-order valence-electron chi connectivity index (χ2n) is 5.60. The Bertz CT molecular complexity index is 659. The van der Waals surface area contributed by atoms with E-state index in [0.717, 1.165) is 0 Å². The third-order valence-corrected chi connectivity index (χ3v) is 3.85. The molecule has 2 amide bonds. The first kappa shape index (κ1) is 18.8. The number of benzene rings is 1. The minimum atomic E-state index is -4.48. The van der Waals surface area contributed by atoms with Gasteiger partial charge >= 0.3 is 6.18 Å². The van der Waals surface area contributed by atoms with Crippen LogP contribution in [0.4, 0.5) is 13.2 Å². The number of nitrogens with zero attached hydrogens (tertiary/aromatic N) is 1. The van der Waals surface area contributed by atoms with E-state index in [2.05, 4.69) is 0 Å². The number of nitrogens with one attached hydrogen (secondary N) is 1. The van der Waals surface area contributed by atoms with E-state index in [9.17, 15) is 22.8 Å². The van der Waals surface area contributed by atoms with Crippen LogP contribution in [0, 0.1) is 0 Å². The Labute approximate surface area is 143 Å². The van der Waals surface area contributed by atoms with Crippen LogP contribution in [0.15, 0.2) is 30.3 Å². The van der Waals surface area contributed by atoms with Gasteiger partial charge in [-0.2, -0.15) is 13.2 Å². The molecule has 1 fully saturated rings. The van der Waals surface area contributed by atoms with Crippen LogP contribution < -0.4 is 10.1 Å². The molecule has 0 saturated carbocycles. The molecule has 1 N–H and O–H groups in total. The summed E-state index contributed by atoms with van der Waals surface area (Å²) in [5, 5.41) is 1.84. The molecule has 25 heavy (non-hydrogen) atoms. The van der Waals surface area contributed by atoms with E-state index in [1.165, 1.54) is 18.1 Å². The molecule has 2 rings (SSSR count). The number of carbonyl (C=O) groups is 2. The van der Waals surface area contributed by atoms with Crippen LogP contribution in [-0.2, 0) is 9.59 Å². The summed E-state index contributed by atoms with van der Waals surface area (Å²) in [5.74, 6) is -0.614. The summed E-state index contributed by atoms with van der Waals surface area (Å²) in [4.78, 5) is 25.6. The van der Waals surface area contributed by atoms with Crippen molar-refractivity contribution in [3.8, 4) is 5.75 Å². The number of rotatable bonds is 5. The van der Waals surface area contributed by atoms with E-state index in [0.29, 0.717) is 30.7 Å². The Kier molecular flexibility index (Phi) is 6.06. The first-order chi connectivity index (χ1) is 11.8. The third kappa shape index (κ3) is 5.23. The van der Waals surface area contributed by atoms with Crippen molar-refractivity contribution in [3.63, 3.8) is 0 Å². The fourth-order valence-corrected chi connectivity index (χ4v) is 2.67. The maximum Gasteiger partial charge on any atom is 0.405 e. The van der Waals surface area contributed by atoms with Gasteiger partial charge in [-0.3, -0.25) is 9.59 Å². The number of amides is 2. The van der Waals surface area contributed by atoms with Crippen LogP contribution in [0.3, 0.4) is 0 Å². The molecular weight excluding hydrogens is 337 g/mol. The maximum absolute atomic E-state index is 12.3. The number of para-hydroxylation sites is 1. The Morgan fingerprint density at radius 1 is 1.36 bits per heavy atom. The molecule has 1 heterocycles. The zero-order chi connectivity index (χ0) is 18.4. The van der Waals surface area contributed by atoms with Crippen molar-refractivity contribution >= 4 is 17.9 Å². The van der Waals surface area contributed by atoms with Gasteiger partial charge in [0.2, 0.25) is 11.8 Å². The smallest absolute Gasteiger partial charge is 0.405 e. The Morgan fingerprint density at radius 3 is 2.76 bits per heavy atom. The summed E-state index contributed by atoms with van der Waals surface area (Å²) < 4.78 is 41.8. The zero-order valence-electron chi connectivity index (χ0n) is 13.7. The lowest BCUT2D eigenvalue weighted by atomic mass is 10.1. The largest absolute Gasteiger partial charge is 0.496 e. The van der Waals surface area contributed by atoms with E-state index >= 15 is 0 Å². The van der Waals surface area contributed by atoms with Gasteiger partial charge in [-0.05, 0) is 25.0 Å². The second-order valence-corrected chi connectivity index (χ2v) is 5.60. The number of alkyl halides is 3. The van der Waals surface area contributed by atoms with Gasteiger partial charge in [-0.1, -0.05) is 18.2 Å². The van der Waals surface area contributed by atoms with E-state index in [4.69, 9.17) is 4.74 Å². The monoisotopic (exact) mass is 356 g/mol. The van der Waals surface area contributed by atoms with Gasteiger partial charge < -0.3 is 15.0 Å². The fraction of sp³-hybridized carbons (Fsp3) is 0.412. The summed E-state index contributed by atoms with van der Waals surface area (Å²) >= 11 is 0.